The van der Waals surface area contributed by atoms with Crippen molar-refractivity contribution in [3.63, 3.8) is 0 Å². The van der Waals surface area contributed by atoms with Gasteiger partial charge >= 0.3 is 11.9 Å². The number of hydrogen-bond donors (Lipinski definition) is 0. The zero-order valence-corrected chi connectivity index (χ0v) is 19.2. The third kappa shape index (κ3) is 11.3. The van der Waals surface area contributed by atoms with Crippen LogP contribution >= 0.6 is 0 Å². The minimum Gasteiger partial charge on any atom is -0.465 e. The second kappa shape index (κ2) is 17.3. The Morgan fingerprint density at radius 3 is 1.32 bits per heavy atom. The van der Waals surface area contributed by atoms with E-state index in [0.29, 0.717) is 24.3 Å². The van der Waals surface area contributed by atoms with Crippen molar-refractivity contribution in [2.24, 2.45) is 0 Å². The highest BCUT2D eigenvalue weighted by Crippen LogP contribution is 2.24. The van der Waals surface area contributed by atoms with E-state index in [1.165, 1.54) is 0 Å². The molecule has 0 fully saturated rings. The minimum atomic E-state index is -0.435. The first-order valence-corrected chi connectivity index (χ1v) is 10.5. The van der Waals surface area contributed by atoms with Crippen molar-refractivity contribution in [1.82, 2.24) is 0 Å². The topological polar surface area (TPSA) is 71.1 Å². The monoisotopic (exact) mass is 462 g/mol. The van der Waals surface area contributed by atoms with Gasteiger partial charge in [-0.05, 0) is 47.5 Å². The molecular weight excluding hydrogens is 432 g/mol. The molecule has 0 unspecified atom stereocenters. The number of carbonyl (C=O) groups is 2. The molecule has 0 saturated heterocycles. The lowest BCUT2D eigenvalue weighted by molar-refractivity contribution is -0.138. The van der Waals surface area contributed by atoms with E-state index in [0.717, 1.165) is 23.3 Å². The van der Waals surface area contributed by atoms with Crippen molar-refractivity contribution in [2.75, 3.05) is 13.2 Å². The highest BCUT2D eigenvalue weighted by Gasteiger charge is 2.00. The molecule has 0 aliphatic heterocycles. The van der Waals surface area contributed by atoms with Gasteiger partial charge in [0.15, 0.2) is 0 Å². The van der Waals surface area contributed by atoms with Gasteiger partial charge in [-0.3, -0.25) is 0 Å². The Labute approximate surface area is 201 Å². The number of carbonyl (C=O) groups excluding carboxylic acids is 2. The minimum absolute atomic E-state index is 0.282. The van der Waals surface area contributed by atoms with Crippen LogP contribution in [0, 0.1) is 0 Å². The van der Waals surface area contributed by atoms with Crippen LogP contribution in [0.2, 0.25) is 0 Å². The molecule has 0 bridgehead atoms. The largest absolute Gasteiger partial charge is 0.465 e. The number of rotatable bonds is 13. The van der Waals surface area contributed by atoms with Crippen LogP contribution in [0.3, 0.4) is 0 Å². The first-order chi connectivity index (χ1) is 16.6. The van der Waals surface area contributed by atoms with E-state index in [1.807, 2.05) is 48.5 Å². The lowest BCUT2D eigenvalue weighted by Gasteiger charge is -2.06. The summed E-state index contributed by atoms with van der Waals surface area (Å²) < 4.78 is 20.8. The molecule has 0 aromatic heterocycles. The highest BCUT2D eigenvalue weighted by atomic mass is 16.5. The molecule has 6 nitrogen and oxygen atoms in total. The van der Waals surface area contributed by atoms with Crippen LogP contribution in [-0.2, 0) is 19.1 Å². The summed E-state index contributed by atoms with van der Waals surface area (Å²) in [6.07, 6.45) is 10.1. The molecule has 0 amide bonds. The van der Waals surface area contributed by atoms with Crippen LogP contribution in [0.15, 0.2) is 112 Å². The van der Waals surface area contributed by atoms with Crippen LogP contribution in [0.25, 0.3) is 11.1 Å². The molecule has 6 heteroatoms. The van der Waals surface area contributed by atoms with Crippen LogP contribution in [0.4, 0.5) is 0 Å². The molecule has 0 saturated carbocycles. The summed E-state index contributed by atoms with van der Waals surface area (Å²) in [5, 5.41) is 0. The van der Waals surface area contributed by atoms with Crippen molar-refractivity contribution >= 4 is 11.9 Å². The maximum Gasteiger partial charge on any atom is 0.330 e. The molecule has 0 atom stereocenters. The molecule has 178 valence electrons. The van der Waals surface area contributed by atoms with E-state index >= 15 is 0 Å². The Balaban J connectivity index is 0.00000281. The van der Waals surface area contributed by atoms with Gasteiger partial charge in [0.05, 0.1) is 25.7 Å². The number of hydrogen-bond acceptors (Lipinski definition) is 6. The fourth-order valence-electron chi connectivity index (χ4n) is 2.41. The van der Waals surface area contributed by atoms with E-state index < -0.39 is 11.9 Å². The Morgan fingerprint density at radius 1 is 0.647 bits per heavy atom. The summed E-state index contributed by atoms with van der Waals surface area (Å²) in [7, 11) is 0. The zero-order chi connectivity index (χ0) is 25.0. The summed E-state index contributed by atoms with van der Waals surface area (Å²) in [4.78, 5) is 21.8. The Hall–Kier alpha value is -4.32. The average Bonchev–Trinajstić information content (AvgIpc) is 2.89. The van der Waals surface area contributed by atoms with Gasteiger partial charge in [-0.25, -0.2) is 9.59 Å². The van der Waals surface area contributed by atoms with E-state index in [2.05, 4.69) is 26.3 Å². The standard InChI is InChI=1S/C26H26O6.C2H4/c1-3-25(27)31-19-7-5-17-29-23-13-9-21(10-14-23)22-11-15-24(16-12-22)30-18-6-8-20-32-26(28)4-2;1-2/h3-6,9-18H,1-2,7-8,19-20H2;1-2H2/b17-5+,18-6+;. The van der Waals surface area contributed by atoms with Gasteiger partial charge in [-0.15, -0.1) is 13.2 Å². The van der Waals surface area contributed by atoms with Crippen LogP contribution < -0.4 is 9.47 Å². The average molecular weight is 463 g/mol. The lowest BCUT2D eigenvalue weighted by atomic mass is 10.1. The van der Waals surface area contributed by atoms with Gasteiger partial charge in [-0.1, -0.05) is 37.4 Å². The van der Waals surface area contributed by atoms with Gasteiger partial charge in [0.2, 0.25) is 0 Å². The van der Waals surface area contributed by atoms with Crippen molar-refractivity contribution in [3.05, 3.63) is 112 Å². The third-order valence-electron chi connectivity index (χ3n) is 4.03. The smallest absolute Gasteiger partial charge is 0.330 e. The lowest BCUT2D eigenvalue weighted by Crippen LogP contribution is -2.00. The highest BCUT2D eigenvalue weighted by molar-refractivity contribution is 5.81. The van der Waals surface area contributed by atoms with Gasteiger partial charge in [0.25, 0.3) is 0 Å². The van der Waals surface area contributed by atoms with Crippen molar-refractivity contribution in [3.8, 4) is 22.6 Å². The predicted molar refractivity (Wildman–Crippen MR) is 134 cm³/mol. The van der Waals surface area contributed by atoms with E-state index in [9.17, 15) is 9.59 Å². The zero-order valence-electron chi connectivity index (χ0n) is 19.2. The third-order valence-corrected chi connectivity index (χ3v) is 4.03. The Kier molecular flexibility index (Phi) is 14.1. The van der Waals surface area contributed by atoms with Gasteiger partial charge in [-0.2, -0.15) is 0 Å². The fourth-order valence-corrected chi connectivity index (χ4v) is 2.41. The van der Waals surface area contributed by atoms with Crippen LogP contribution in [-0.4, -0.2) is 25.2 Å². The molecule has 2 aromatic carbocycles. The second-order valence-electron chi connectivity index (χ2n) is 6.35. The molecule has 0 aliphatic rings. The van der Waals surface area contributed by atoms with E-state index in [-0.39, 0.29) is 13.2 Å². The van der Waals surface area contributed by atoms with Crippen LogP contribution in [0.5, 0.6) is 11.5 Å². The maximum absolute atomic E-state index is 10.9. The summed E-state index contributed by atoms with van der Waals surface area (Å²) in [5.41, 5.74) is 2.09. The first kappa shape index (κ1) is 27.7. The predicted octanol–water partition coefficient (Wildman–Crippen LogP) is 6.18. The molecule has 2 aromatic rings. The van der Waals surface area contributed by atoms with Gasteiger partial charge in [0.1, 0.15) is 11.5 Å². The van der Waals surface area contributed by atoms with Crippen molar-refractivity contribution < 1.29 is 28.5 Å². The molecule has 34 heavy (non-hydrogen) atoms. The SMILES string of the molecule is C=C.C=CC(=O)OCC/C=C/Oc1ccc(-c2ccc(O/C=C/CCOC(=O)C=C)cc2)cc1. The van der Waals surface area contributed by atoms with Gasteiger partial charge < -0.3 is 18.9 Å². The summed E-state index contributed by atoms with van der Waals surface area (Å²) in [5.74, 6) is 0.540. The summed E-state index contributed by atoms with van der Waals surface area (Å²) in [6.45, 7) is 13.2. The number of benzene rings is 2. The normalized spacial score (nSPS) is 10.1. The Morgan fingerprint density at radius 2 is 1.00 bits per heavy atom. The maximum atomic E-state index is 10.9. The molecule has 0 aliphatic carbocycles. The summed E-state index contributed by atoms with van der Waals surface area (Å²) >= 11 is 0. The molecule has 2 rings (SSSR count). The molecule has 0 N–H and O–H groups in total. The van der Waals surface area contributed by atoms with E-state index in [4.69, 9.17) is 18.9 Å². The Bertz CT molecular complexity index is 876. The molecule has 0 spiro atoms. The van der Waals surface area contributed by atoms with Gasteiger partial charge in [0, 0.05) is 25.0 Å². The molecular formula is C28H30O6. The van der Waals surface area contributed by atoms with Crippen molar-refractivity contribution in [1.29, 1.82) is 0 Å². The van der Waals surface area contributed by atoms with E-state index in [1.54, 1.807) is 24.7 Å². The fraction of sp³-hybridized carbons (Fsp3) is 0.143. The van der Waals surface area contributed by atoms with Crippen molar-refractivity contribution in [2.45, 2.75) is 12.8 Å². The van der Waals surface area contributed by atoms with Crippen LogP contribution in [0.1, 0.15) is 12.8 Å². The quantitative estimate of drug-likeness (QED) is 0.116. The second-order valence-corrected chi connectivity index (χ2v) is 6.35. The molecule has 0 radical (unpaired) electrons. The molecule has 0 heterocycles. The number of ether oxygens (including phenoxy) is 4. The first-order valence-electron chi connectivity index (χ1n) is 10.5. The number of esters is 2. The summed E-state index contributed by atoms with van der Waals surface area (Å²) in [6, 6.07) is 15.4.